The van der Waals surface area contributed by atoms with Crippen LogP contribution in [0, 0.1) is 5.92 Å². The van der Waals surface area contributed by atoms with E-state index in [0.717, 1.165) is 31.6 Å². The Hall–Kier alpha value is -1.45. The molecule has 1 aliphatic carbocycles. The van der Waals surface area contributed by atoms with Gasteiger partial charge in [-0.15, -0.1) is 0 Å². The first-order valence-corrected chi connectivity index (χ1v) is 7.75. The molecule has 112 valence electrons. The third-order valence-corrected chi connectivity index (χ3v) is 3.84. The largest absolute Gasteiger partial charge is 0.397 e. The van der Waals surface area contributed by atoms with Crippen LogP contribution in [0.4, 0.5) is 5.69 Å². The van der Waals surface area contributed by atoms with Gasteiger partial charge in [0, 0.05) is 18.3 Å². The van der Waals surface area contributed by atoms with Crippen molar-refractivity contribution < 1.29 is 4.79 Å². The Kier molecular flexibility index (Phi) is 4.73. The van der Waals surface area contributed by atoms with Crippen molar-refractivity contribution in [1.29, 1.82) is 0 Å². The molecule has 4 heteroatoms. The van der Waals surface area contributed by atoms with Crippen molar-refractivity contribution in [1.82, 2.24) is 9.88 Å². The lowest BCUT2D eigenvalue weighted by Gasteiger charge is -2.15. The first kappa shape index (κ1) is 14.9. The number of carbonyl (C=O) groups is 1. The molecular weight excluding hydrogens is 250 g/mol. The fourth-order valence-electron chi connectivity index (χ4n) is 2.54. The Morgan fingerprint density at radius 2 is 2.10 bits per heavy atom. The van der Waals surface area contributed by atoms with E-state index in [2.05, 4.69) is 26.1 Å². The quantitative estimate of drug-likeness (QED) is 0.803. The molecule has 4 nitrogen and oxygen atoms in total. The summed E-state index contributed by atoms with van der Waals surface area (Å²) in [5.41, 5.74) is 7.21. The van der Waals surface area contributed by atoms with Crippen molar-refractivity contribution in [2.45, 2.75) is 65.0 Å². The molecule has 1 heterocycles. The number of nitrogen functional groups attached to an aromatic ring is 1. The third-order valence-electron chi connectivity index (χ3n) is 3.84. The number of anilines is 1. The first-order valence-electron chi connectivity index (χ1n) is 7.75. The monoisotopic (exact) mass is 277 g/mol. The molecule has 1 aromatic heterocycles. The van der Waals surface area contributed by atoms with Crippen LogP contribution in [0.25, 0.3) is 0 Å². The molecule has 1 fully saturated rings. The highest BCUT2D eigenvalue weighted by atomic mass is 16.2. The topological polar surface area (TPSA) is 60.1 Å². The fourth-order valence-corrected chi connectivity index (χ4v) is 2.54. The molecule has 1 aliphatic rings. The van der Waals surface area contributed by atoms with Gasteiger partial charge in [-0.2, -0.15) is 0 Å². The lowest BCUT2D eigenvalue weighted by molar-refractivity contribution is 0.0928. The predicted molar refractivity (Wildman–Crippen MR) is 82.7 cm³/mol. The van der Waals surface area contributed by atoms with Gasteiger partial charge in [-0.25, -0.2) is 0 Å². The lowest BCUT2D eigenvalue weighted by atomic mass is 10.0. The average Bonchev–Trinajstić information content (AvgIpc) is 3.11. The molecule has 1 saturated carbocycles. The molecule has 0 radical (unpaired) electrons. The van der Waals surface area contributed by atoms with Crippen LogP contribution in [0.5, 0.6) is 0 Å². The minimum atomic E-state index is 0.00523. The smallest absolute Gasteiger partial charge is 0.268 e. The summed E-state index contributed by atoms with van der Waals surface area (Å²) in [6.07, 6.45) is 7.59. The van der Waals surface area contributed by atoms with E-state index >= 15 is 0 Å². The second kappa shape index (κ2) is 6.33. The summed E-state index contributed by atoms with van der Waals surface area (Å²) in [5, 5.41) is 3.09. The molecule has 0 bridgehead atoms. The van der Waals surface area contributed by atoms with E-state index in [9.17, 15) is 4.79 Å². The summed E-state index contributed by atoms with van der Waals surface area (Å²) >= 11 is 0. The number of hydrogen-bond acceptors (Lipinski definition) is 2. The van der Waals surface area contributed by atoms with Gasteiger partial charge in [0.1, 0.15) is 5.69 Å². The van der Waals surface area contributed by atoms with Crippen molar-refractivity contribution in [2.24, 2.45) is 5.92 Å². The number of nitrogens with zero attached hydrogens (tertiary/aromatic N) is 1. The van der Waals surface area contributed by atoms with Gasteiger partial charge in [0.2, 0.25) is 0 Å². The maximum absolute atomic E-state index is 12.3. The summed E-state index contributed by atoms with van der Waals surface area (Å²) in [6, 6.07) is 2.48. The summed E-state index contributed by atoms with van der Waals surface area (Å²) in [7, 11) is 0. The SMILES string of the molecule is CC(C)CCCC(C)NC(=O)c1cc(N)cn1C1CC1. The average molecular weight is 277 g/mol. The van der Waals surface area contributed by atoms with Crippen molar-refractivity contribution in [3.8, 4) is 0 Å². The van der Waals surface area contributed by atoms with Gasteiger partial charge < -0.3 is 15.6 Å². The van der Waals surface area contributed by atoms with Gasteiger partial charge in [0.05, 0.1) is 5.69 Å². The molecule has 1 amide bonds. The van der Waals surface area contributed by atoms with E-state index in [4.69, 9.17) is 5.73 Å². The molecule has 0 saturated heterocycles. The molecule has 1 aromatic rings. The number of nitrogens with one attached hydrogen (secondary N) is 1. The molecule has 20 heavy (non-hydrogen) atoms. The van der Waals surface area contributed by atoms with Gasteiger partial charge in [0.15, 0.2) is 0 Å². The minimum absolute atomic E-state index is 0.00523. The number of hydrogen-bond donors (Lipinski definition) is 2. The van der Waals surface area contributed by atoms with Crippen LogP contribution >= 0.6 is 0 Å². The highest BCUT2D eigenvalue weighted by Crippen LogP contribution is 2.37. The lowest BCUT2D eigenvalue weighted by Crippen LogP contribution is -2.33. The number of carbonyl (C=O) groups excluding carboxylic acids is 1. The van der Waals surface area contributed by atoms with E-state index < -0.39 is 0 Å². The van der Waals surface area contributed by atoms with Crippen LogP contribution in [0.2, 0.25) is 0 Å². The zero-order chi connectivity index (χ0) is 14.7. The highest BCUT2D eigenvalue weighted by molar-refractivity contribution is 5.94. The molecular formula is C16H27N3O. The first-order chi connectivity index (χ1) is 9.47. The fraction of sp³-hybridized carbons (Fsp3) is 0.688. The van der Waals surface area contributed by atoms with Gasteiger partial charge in [-0.1, -0.05) is 26.7 Å². The van der Waals surface area contributed by atoms with E-state index in [1.54, 1.807) is 6.07 Å². The Morgan fingerprint density at radius 3 is 2.70 bits per heavy atom. The number of aromatic nitrogens is 1. The molecule has 1 unspecified atom stereocenters. The van der Waals surface area contributed by atoms with Crippen molar-refractivity contribution in [2.75, 3.05) is 5.73 Å². The van der Waals surface area contributed by atoms with Gasteiger partial charge in [-0.05, 0) is 38.2 Å². The normalized spacial score (nSPS) is 16.4. The summed E-state index contributed by atoms with van der Waals surface area (Å²) in [5.74, 6) is 0.732. The summed E-state index contributed by atoms with van der Waals surface area (Å²) < 4.78 is 2.03. The van der Waals surface area contributed by atoms with Crippen molar-refractivity contribution in [3.63, 3.8) is 0 Å². The zero-order valence-electron chi connectivity index (χ0n) is 12.9. The van der Waals surface area contributed by atoms with E-state index in [-0.39, 0.29) is 11.9 Å². The van der Waals surface area contributed by atoms with Gasteiger partial charge in [-0.3, -0.25) is 4.79 Å². The van der Waals surface area contributed by atoms with Crippen LogP contribution in [0.3, 0.4) is 0 Å². The maximum Gasteiger partial charge on any atom is 0.268 e. The molecule has 2 rings (SSSR count). The number of rotatable bonds is 7. The van der Waals surface area contributed by atoms with E-state index in [0.29, 0.717) is 17.4 Å². The Labute approximate surface area is 121 Å². The van der Waals surface area contributed by atoms with Gasteiger partial charge in [0.25, 0.3) is 5.91 Å². The van der Waals surface area contributed by atoms with Crippen LogP contribution < -0.4 is 11.1 Å². The predicted octanol–water partition coefficient (Wildman–Crippen LogP) is 3.35. The Morgan fingerprint density at radius 1 is 1.40 bits per heavy atom. The third kappa shape index (κ3) is 4.02. The highest BCUT2D eigenvalue weighted by Gasteiger charge is 2.27. The number of amides is 1. The Bertz CT molecular complexity index is 460. The molecule has 0 spiro atoms. The van der Waals surface area contributed by atoms with Crippen molar-refractivity contribution >= 4 is 11.6 Å². The molecule has 0 aromatic carbocycles. The summed E-state index contributed by atoms with van der Waals surface area (Å²) in [6.45, 7) is 6.54. The second-order valence-electron chi connectivity index (χ2n) is 6.50. The number of nitrogens with two attached hydrogens (primary N) is 1. The molecule has 0 aliphatic heterocycles. The molecule has 3 N–H and O–H groups in total. The molecule has 1 atom stereocenters. The van der Waals surface area contributed by atoms with Crippen molar-refractivity contribution in [3.05, 3.63) is 18.0 Å². The van der Waals surface area contributed by atoms with Crippen LogP contribution in [0.15, 0.2) is 12.3 Å². The van der Waals surface area contributed by atoms with Gasteiger partial charge >= 0.3 is 0 Å². The second-order valence-corrected chi connectivity index (χ2v) is 6.50. The van der Waals surface area contributed by atoms with Crippen LogP contribution in [-0.2, 0) is 0 Å². The summed E-state index contributed by atoms with van der Waals surface area (Å²) in [4.78, 5) is 12.3. The zero-order valence-corrected chi connectivity index (χ0v) is 12.9. The standard InChI is InChI=1S/C16H27N3O/c1-11(2)5-4-6-12(3)18-16(20)15-9-13(17)10-19(15)14-7-8-14/h9-12,14H,4-8,17H2,1-3H3,(H,18,20). The van der Waals surface area contributed by atoms with E-state index in [1.165, 1.54) is 6.42 Å². The van der Waals surface area contributed by atoms with Crippen LogP contribution in [0.1, 0.15) is 69.4 Å². The minimum Gasteiger partial charge on any atom is -0.397 e. The maximum atomic E-state index is 12.3. The Balaban J connectivity index is 1.88. The van der Waals surface area contributed by atoms with E-state index in [1.807, 2.05) is 10.8 Å². The van der Waals surface area contributed by atoms with Crippen LogP contribution in [-0.4, -0.2) is 16.5 Å².